The molecule has 0 fully saturated rings. The van der Waals surface area contributed by atoms with E-state index in [1.807, 2.05) is 13.8 Å². The Labute approximate surface area is 161 Å². The van der Waals surface area contributed by atoms with E-state index in [-0.39, 0.29) is 19.1 Å². The second-order valence-corrected chi connectivity index (χ2v) is 5.98. The minimum absolute atomic E-state index is 0.112. The monoisotopic (exact) mass is 390 g/mol. The van der Waals surface area contributed by atoms with Gasteiger partial charge in [0.15, 0.2) is 0 Å². The predicted molar refractivity (Wildman–Crippen MR) is 101 cm³/mol. The van der Waals surface area contributed by atoms with Crippen LogP contribution in [0, 0.1) is 0 Å². The number of ether oxygens (including phenoxy) is 5. The average molecular weight is 390 g/mol. The lowest BCUT2D eigenvalue weighted by molar-refractivity contribution is -0.149. The van der Waals surface area contributed by atoms with Gasteiger partial charge in [0.05, 0.1) is 46.2 Å². The highest BCUT2D eigenvalue weighted by atomic mass is 16.6. The highest BCUT2D eigenvalue weighted by Crippen LogP contribution is 1.95. The van der Waals surface area contributed by atoms with Crippen molar-refractivity contribution < 1.29 is 33.3 Å². The van der Waals surface area contributed by atoms with Crippen molar-refractivity contribution in [1.29, 1.82) is 0 Å². The predicted octanol–water partition coefficient (Wildman–Crippen LogP) is 0.600. The molecule has 1 unspecified atom stereocenters. The summed E-state index contributed by atoms with van der Waals surface area (Å²) in [6, 6.07) is -1.28. The van der Waals surface area contributed by atoms with Crippen LogP contribution in [0.3, 0.4) is 0 Å². The topological polar surface area (TPSA) is 105 Å². The van der Waals surface area contributed by atoms with Gasteiger partial charge in [-0.05, 0) is 27.7 Å². The van der Waals surface area contributed by atoms with Gasteiger partial charge in [-0.3, -0.25) is 9.79 Å². The van der Waals surface area contributed by atoms with Crippen LogP contribution in [0.5, 0.6) is 0 Å². The number of hydrogen-bond donors (Lipinski definition) is 1. The number of amides is 1. The largest absolute Gasteiger partial charge is 0.462 e. The van der Waals surface area contributed by atoms with E-state index in [2.05, 4.69) is 10.3 Å². The standard InChI is InChI=1S/C18H34N2O7/c1-14(2)19-15(3)17(21)20-16(4)18(22)27-13-12-26-11-10-25-9-8-24-7-6-23-5/h15-16H,6-13H2,1-5H3,(H,20,21)/t15-,16?/m1/s1. The first kappa shape index (κ1) is 25.4. The summed E-state index contributed by atoms with van der Waals surface area (Å²) in [7, 11) is 1.62. The summed E-state index contributed by atoms with van der Waals surface area (Å²) < 4.78 is 25.8. The Bertz CT molecular complexity index is 439. The van der Waals surface area contributed by atoms with Gasteiger partial charge in [-0.15, -0.1) is 0 Å². The Morgan fingerprint density at radius 2 is 1.33 bits per heavy atom. The van der Waals surface area contributed by atoms with E-state index in [9.17, 15) is 9.59 Å². The number of rotatable bonds is 16. The van der Waals surface area contributed by atoms with Gasteiger partial charge in [-0.1, -0.05) is 0 Å². The van der Waals surface area contributed by atoms with Gasteiger partial charge in [-0.25, -0.2) is 4.79 Å². The van der Waals surface area contributed by atoms with Crippen LogP contribution in [0.15, 0.2) is 4.99 Å². The van der Waals surface area contributed by atoms with Gasteiger partial charge in [-0.2, -0.15) is 0 Å². The third-order valence-electron chi connectivity index (χ3n) is 3.19. The SMILES string of the molecule is COCCOCCOCCOCCOC(=O)C(C)NC(=O)[C@@H](C)N=C(C)C. The van der Waals surface area contributed by atoms with Gasteiger partial charge < -0.3 is 29.0 Å². The van der Waals surface area contributed by atoms with Crippen molar-refractivity contribution >= 4 is 17.6 Å². The second kappa shape index (κ2) is 16.6. The molecule has 0 bridgehead atoms. The molecule has 0 aromatic rings. The molecule has 27 heavy (non-hydrogen) atoms. The van der Waals surface area contributed by atoms with Crippen molar-refractivity contribution in [2.24, 2.45) is 4.99 Å². The van der Waals surface area contributed by atoms with E-state index in [1.165, 1.54) is 0 Å². The molecule has 0 aromatic heterocycles. The van der Waals surface area contributed by atoms with Crippen LogP contribution in [0.25, 0.3) is 0 Å². The summed E-state index contributed by atoms with van der Waals surface area (Å²) >= 11 is 0. The van der Waals surface area contributed by atoms with E-state index >= 15 is 0 Å². The van der Waals surface area contributed by atoms with Gasteiger partial charge >= 0.3 is 5.97 Å². The van der Waals surface area contributed by atoms with Gasteiger partial charge in [0, 0.05) is 12.8 Å². The van der Waals surface area contributed by atoms with Gasteiger partial charge in [0.1, 0.15) is 18.7 Å². The maximum absolute atomic E-state index is 11.9. The Kier molecular flexibility index (Phi) is 15.7. The highest BCUT2D eigenvalue weighted by molar-refractivity contribution is 5.89. The summed E-state index contributed by atoms with van der Waals surface area (Å²) in [4.78, 5) is 27.9. The van der Waals surface area contributed by atoms with Crippen molar-refractivity contribution in [2.75, 3.05) is 60.0 Å². The van der Waals surface area contributed by atoms with E-state index in [4.69, 9.17) is 23.7 Å². The zero-order valence-electron chi connectivity index (χ0n) is 17.1. The summed E-state index contributed by atoms with van der Waals surface area (Å²) in [5, 5.41) is 2.58. The Hall–Kier alpha value is -1.55. The number of esters is 1. The Balaban J connectivity index is 3.62. The molecule has 0 aliphatic rings. The molecule has 0 aromatic carbocycles. The molecule has 2 atom stereocenters. The first-order valence-corrected chi connectivity index (χ1v) is 9.08. The normalized spacial score (nSPS) is 12.9. The van der Waals surface area contributed by atoms with E-state index < -0.39 is 18.1 Å². The van der Waals surface area contributed by atoms with Crippen LogP contribution in [0.4, 0.5) is 0 Å². The highest BCUT2D eigenvalue weighted by Gasteiger charge is 2.20. The second-order valence-electron chi connectivity index (χ2n) is 5.98. The van der Waals surface area contributed by atoms with Crippen LogP contribution < -0.4 is 5.32 Å². The van der Waals surface area contributed by atoms with Crippen molar-refractivity contribution in [3.8, 4) is 0 Å². The number of carbonyl (C=O) groups is 2. The maximum atomic E-state index is 11.9. The molecule has 9 nitrogen and oxygen atoms in total. The molecule has 0 rings (SSSR count). The molecule has 0 radical (unpaired) electrons. The molecular weight excluding hydrogens is 356 g/mol. The third kappa shape index (κ3) is 15.2. The van der Waals surface area contributed by atoms with Crippen LogP contribution in [-0.4, -0.2) is 89.6 Å². The zero-order chi connectivity index (χ0) is 20.5. The molecule has 0 aliphatic carbocycles. The first-order chi connectivity index (χ1) is 12.9. The summed E-state index contributed by atoms with van der Waals surface area (Å²) in [5.41, 5.74) is 0.799. The molecule has 1 N–H and O–H groups in total. The van der Waals surface area contributed by atoms with Crippen LogP contribution >= 0.6 is 0 Å². The van der Waals surface area contributed by atoms with Crippen molar-refractivity contribution in [1.82, 2.24) is 5.32 Å². The fourth-order valence-corrected chi connectivity index (χ4v) is 1.85. The van der Waals surface area contributed by atoms with E-state index in [1.54, 1.807) is 21.0 Å². The molecule has 158 valence electrons. The number of methoxy groups -OCH3 is 1. The third-order valence-corrected chi connectivity index (χ3v) is 3.19. The van der Waals surface area contributed by atoms with Crippen molar-refractivity contribution in [3.05, 3.63) is 0 Å². The smallest absolute Gasteiger partial charge is 0.328 e. The van der Waals surface area contributed by atoms with Crippen molar-refractivity contribution in [3.63, 3.8) is 0 Å². The fourth-order valence-electron chi connectivity index (χ4n) is 1.85. The molecule has 0 heterocycles. The summed E-state index contributed by atoms with van der Waals surface area (Å²) in [6.45, 7) is 10.2. The van der Waals surface area contributed by atoms with Gasteiger partial charge in [0.2, 0.25) is 5.91 Å². The number of hydrogen-bond acceptors (Lipinski definition) is 8. The number of carbonyl (C=O) groups excluding carboxylic acids is 2. The van der Waals surface area contributed by atoms with Crippen molar-refractivity contribution in [2.45, 2.75) is 39.8 Å². The fraction of sp³-hybridized carbons (Fsp3) is 0.833. The Morgan fingerprint density at radius 3 is 1.81 bits per heavy atom. The zero-order valence-corrected chi connectivity index (χ0v) is 17.1. The van der Waals surface area contributed by atoms with Crippen LogP contribution in [0.1, 0.15) is 27.7 Å². The number of nitrogens with one attached hydrogen (secondary N) is 1. The van der Waals surface area contributed by atoms with Crippen LogP contribution in [0.2, 0.25) is 0 Å². The lowest BCUT2D eigenvalue weighted by Gasteiger charge is -2.15. The van der Waals surface area contributed by atoms with Crippen LogP contribution in [-0.2, 0) is 33.3 Å². The summed E-state index contributed by atoms with van der Waals surface area (Å²) in [6.07, 6.45) is 0. The molecule has 0 saturated heterocycles. The molecule has 1 amide bonds. The molecule has 0 aliphatic heterocycles. The lowest BCUT2D eigenvalue weighted by atomic mass is 10.2. The molecule has 0 spiro atoms. The average Bonchev–Trinajstić information content (AvgIpc) is 2.61. The van der Waals surface area contributed by atoms with Gasteiger partial charge in [0.25, 0.3) is 0 Å². The quantitative estimate of drug-likeness (QED) is 0.234. The minimum atomic E-state index is -0.742. The molecule has 9 heteroatoms. The number of aliphatic imine (C=N–C) groups is 1. The maximum Gasteiger partial charge on any atom is 0.328 e. The molecular formula is C18H34N2O7. The molecule has 0 saturated carbocycles. The van der Waals surface area contributed by atoms with E-state index in [0.717, 1.165) is 5.71 Å². The number of nitrogens with zero attached hydrogens (tertiary/aromatic N) is 1. The lowest BCUT2D eigenvalue weighted by Crippen LogP contribution is -2.43. The minimum Gasteiger partial charge on any atom is -0.462 e. The Morgan fingerprint density at radius 1 is 0.852 bits per heavy atom. The first-order valence-electron chi connectivity index (χ1n) is 9.08. The summed E-state index contributed by atoms with van der Waals surface area (Å²) in [5.74, 6) is -0.832. The van der Waals surface area contributed by atoms with E-state index in [0.29, 0.717) is 39.6 Å².